The fourth-order valence-electron chi connectivity index (χ4n) is 3.41. The molecule has 0 saturated carbocycles. The number of benzene rings is 1. The van der Waals surface area contributed by atoms with Crippen LogP contribution in [0, 0.1) is 11.3 Å². The lowest BCUT2D eigenvalue weighted by molar-refractivity contribution is 0.102. The zero-order valence-electron chi connectivity index (χ0n) is 15.2. The first-order valence-electron chi connectivity index (χ1n) is 8.96. The summed E-state index contributed by atoms with van der Waals surface area (Å²) in [5, 5.41) is 13.9. The summed E-state index contributed by atoms with van der Waals surface area (Å²) in [6.07, 6.45) is 1.88. The van der Waals surface area contributed by atoms with Crippen molar-refractivity contribution in [3.8, 4) is 6.07 Å². The molecular weight excluding hydrogens is 376 g/mol. The van der Waals surface area contributed by atoms with E-state index in [1.165, 1.54) is 11.3 Å². The molecule has 1 aliphatic heterocycles. The van der Waals surface area contributed by atoms with E-state index >= 15 is 0 Å². The van der Waals surface area contributed by atoms with Crippen molar-refractivity contribution in [2.75, 3.05) is 18.5 Å². The van der Waals surface area contributed by atoms with Gasteiger partial charge < -0.3 is 19.9 Å². The molecule has 0 spiro atoms. The molecule has 0 atom stereocenters. The summed E-state index contributed by atoms with van der Waals surface area (Å²) < 4.78 is 5.07. The Morgan fingerprint density at radius 2 is 2.21 bits per heavy atom. The molecule has 0 radical (unpaired) electrons. The van der Waals surface area contributed by atoms with E-state index in [9.17, 15) is 14.9 Å². The van der Waals surface area contributed by atoms with Gasteiger partial charge in [0, 0.05) is 28.5 Å². The molecule has 2 aromatic heterocycles. The molecule has 7 nitrogen and oxygen atoms in total. The number of nitrogens with one attached hydrogen (secondary N) is 2. The second kappa shape index (κ2) is 7.37. The maximum Gasteiger partial charge on any atom is 0.410 e. The SMILES string of the molecule is CCOC(=O)N1CCc2c(sc(NC(=O)c3c[nH]c4ccccc34)c2C#N)C1. The number of aromatic amines is 1. The van der Waals surface area contributed by atoms with Gasteiger partial charge >= 0.3 is 6.09 Å². The molecule has 4 rings (SSSR count). The molecule has 0 saturated heterocycles. The molecule has 142 valence electrons. The van der Waals surface area contributed by atoms with Gasteiger partial charge in [-0.05, 0) is 25.0 Å². The maximum atomic E-state index is 12.8. The first kappa shape index (κ1) is 18.1. The molecule has 2 amide bonds. The molecule has 2 N–H and O–H groups in total. The van der Waals surface area contributed by atoms with Gasteiger partial charge in [-0.2, -0.15) is 5.26 Å². The van der Waals surface area contributed by atoms with Crippen molar-refractivity contribution in [3.63, 3.8) is 0 Å². The average Bonchev–Trinajstić information content (AvgIpc) is 3.28. The highest BCUT2D eigenvalue weighted by Gasteiger charge is 2.28. The second-order valence-corrected chi connectivity index (χ2v) is 7.50. The first-order valence-corrected chi connectivity index (χ1v) is 9.77. The van der Waals surface area contributed by atoms with Crippen LogP contribution in [-0.4, -0.2) is 35.0 Å². The van der Waals surface area contributed by atoms with Crippen LogP contribution < -0.4 is 5.32 Å². The van der Waals surface area contributed by atoms with E-state index in [0.717, 1.165) is 21.3 Å². The van der Waals surface area contributed by atoms with Crippen LogP contribution in [0.15, 0.2) is 30.5 Å². The zero-order valence-corrected chi connectivity index (χ0v) is 16.1. The summed E-state index contributed by atoms with van der Waals surface area (Å²) in [6, 6.07) is 9.77. The number of nitrogens with zero attached hydrogens (tertiary/aromatic N) is 2. The molecule has 0 unspecified atom stereocenters. The van der Waals surface area contributed by atoms with Crippen LogP contribution >= 0.6 is 11.3 Å². The summed E-state index contributed by atoms with van der Waals surface area (Å²) in [6.45, 7) is 2.97. The predicted octanol–water partition coefficient (Wildman–Crippen LogP) is 3.87. The first-order chi connectivity index (χ1) is 13.6. The number of hydrogen-bond acceptors (Lipinski definition) is 5. The number of hydrogen-bond donors (Lipinski definition) is 2. The van der Waals surface area contributed by atoms with Crippen molar-refractivity contribution < 1.29 is 14.3 Å². The van der Waals surface area contributed by atoms with Crippen LogP contribution in [0.1, 0.15) is 33.3 Å². The summed E-state index contributed by atoms with van der Waals surface area (Å²) in [7, 11) is 0. The second-order valence-electron chi connectivity index (χ2n) is 6.39. The topological polar surface area (TPSA) is 98.2 Å². The number of aromatic nitrogens is 1. The fraction of sp³-hybridized carbons (Fsp3) is 0.250. The molecule has 8 heteroatoms. The number of para-hydroxylation sites is 1. The Kier molecular flexibility index (Phi) is 4.75. The van der Waals surface area contributed by atoms with Gasteiger partial charge in [0.2, 0.25) is 0 Å². The van der Waals surface area contributed by atoms with Gasteiger partial charge in [0.05, 0.1) is 24.3 Å². The van der Waals surface area contributed by atoms with E-state index in [2.05, 4.69) is 16.4 Å². The van der Waals surface area contributed by atoms with Crippen molar-refractivity contribution in [1.82, 2.24) is 9.88 Å². The highest BCUT2D eigenvalue weighted by Crippen LogP contribution is 2.37. The van der Waals surface area contributed by atoms with Crippen molar-refractivity contribution in [2.24, 2.45) is 0 Å². The molecule has 0 bridgehead atoms. The highest BCUT2D eigenvalue weighted by molar-refractivity contribution is 7.16. The van der Waals surface area contributed by atoms with E-state index < -0.39 is 0 Å². The lowest BCUT2D eigenvalue weighted by Crippen LogP contribution is -2.35. The number of H-pyrrole nitrogens is 1. The Labute approximate surface area is 165 Å². The van der Waals surface area contributed by atoms with Crippen molar-refractivity contribution >= 4 is 39.2 Å². The van der Waals surface area contributed by atoms with Crippen LogP contribution in [0.5, 0.6) is 0 Å². The standard InChI is InChI=1S/C20H18N4O3S/c1-2-27-20(26)24-8-7-13-14(9-21)19(28-17(13)11-24)23-18(25)15-10-22-16-6-4-3-5-12(15)16/h3-6,10,22H,2,7-8,11H2,1H3,(H,23,25). The summed E-state index contributed by atoms with van der Waals surface area (Å²) in [5.41, 5.74) is 2.79. The van der Waals surface area contributed by atoms with Gasteiger partial charge in [0.15, 0.2) is 0 Å². The van der Waals surface area contributed by atoms with E-state index in [-0.39, 0.29) is 12.0 Å². The number of fused-ring (bicyclic) bond motifs is 2. The third-order valence-electron chi connectivity index (χ3n) is 4.76. The number of rotatable bonds is 3. The molecule has 0 fully saturated rings. The van der Waals surface area contributed by atoms with E-state index in [0.29, 0.717) is 42.2 Å². The largest absolute Gasteiger partial charge is 0.450 e. The third kappa shape index (κ3) is 3.10. The molecular formula is C20H18N4O3S. The summed E-state index contributed by atoms with van der Waals surface area (Å²) >= 11 is 1.34. The molecule has 3 heterocycles. The van der Waals surface area contributed by atoms with E-state index in [1.807, 2.05) is 24.3 Å². The zero-order chi connectivity index (χ0) is 19.7. The Balaban J connectivity index is 1.60. The number of thiophene rings is 1. The van der Waals surface area contributed by atoms with Gasteiger partial charge in [0.25, 0.3) is 5.91 Å². The number of nitriles is 1. The summed E-state index contributed by atoms with van der Waals surface area (Å²) in [4.78, 5) is 30.4. The average molecular weight is 394 g/mol. The van der Waals surface area contributed by atoms with E-state index in [1.54, 1.807) is 18.0 Å². The molecule has 28 heavy (non-hydrogen) atoms. The molecule has 1 aliphatic rings. The monoisotopic (exact) mass is 394 g/mol. The Bertz CT molecular complexity index is 1110. The Hall–Kier alpha value is -3.31. The smallest absolute Gasteiger partial charge is 0.410 e. The predicted molar refractivity (Wildman–Crippen MR) is 106 cm³/mol. The Morgan fingerprint density at radius 3 is 3.00 bits per heavy atom. The third-order valence-corrected chi connectivity index (χ3v) is 5.89. The number of anilines is 1. The fourth-order valence-corrected chi connectivity index (χ4v) is 4.62. The van der Waals surface area contributed by atoms with Gasteiger partial charge in [0.1, 0.15) is 11.1 Å². The van der Waals surface area contributed by atoms with Crippen LogP contribution in [0.4, 0.5) is 9.80 Å². The van der Waals surface area contributed by atoms with Gasteiger partial charge in [-0.15, -0.1) is 11.3 Å². The van der Waals surface area contributed by atoms with Crippen LogP contribution in [-0.2, 0) is 17.7 Å². The minimum atomic E-state index is -0.357. The van der Waals surface area contributed by atoms with Crippen molar-refractivity contribution in [2.45, 2.75) is 19.9 Å². The molecule has 0 aliphatic carbocycles. The van der Waals surface area contributed by atoms with E-state index in [4.69, 9.17) is 4.74 Å². The lowest BCUT2D eigenvalue weighted by atomic mass is 10.0. The number of carbonyl (C=O) groups is 2. The number of carbonyl (C=O) groups excluding carboxylic acids is 2. The van der Waals surface area contributed by atoms with Crippen LogP contribution in [0.3, 0.4) is 0 Å². The maximum absolute atomic E-state index is 12.8. The minimum absolute atomic E-state index is 0.269. The molecule has 3 aromatic rings. The highest BCUT2D eigenvalue weighted by atomic mass is 32.1. The number of amides is 2. The van der Waals surface area contributed by atoms with Gasteiger partial charge in [-0.3, -0.25) is 4.79 Å². The molecule has 1 aromatic carbocycles. The van der Waals surface area contributed by atoms with Gasteiger partial charge in [-0.25, -0.2) is 4.79 Å². The quantitative estimate of drug-likeness (QED) is 0.704. The minimum Gasteiger partial charge on any atom is -0.450 e. The van der Waals surface area contributed by atoms with Crippen molar-refractivity contribution in [1.29, 1.82) is 5.26 Å². The van der Waals surface area contributed by atoms with Crippen LogP contribution in [0.2, 0.25) is 0 Å². The summed E-state index contributed by atoms with van der Waals surface area (Å²) in [5.74, 6) is -0.269. The van der Waals surface area contributed by atoms with Crippen LogP contribution in [0.25, 0.3) is 10.9 Å². The number of ether oxygens (including phenoxy) is 1. The van der Waals surface area contributed by atoms with Crippen molar-refractivity contribution in [3.05, 3.63) is 52.0 Å². The van der Waals surface area contributed by atoms with Gasteiger partial charge in [-0.1, -0.05) is 18.2 Å². The Morgan fingerprint density at radius 1 is 1.39 bits per heavy atom. The lowest BCUT2D eigenvalue weighted by Gasteiger charge is -2.25. The normalized spacial score (nSPS) is 13.1.